The number of carbonyl (C=O) groups excluding carboxylic acids is 1. The molecule has 1 heterocycles. The fraction of sp³-hybridized carbons (Fsp3) is 0.320. The minimum Gasteiger partial charge on any atom is -0.489 e. The smallest absolute Gasteiger partial charge is 0.142 e. The minimum absolute atomic E-state index is 0.197. The first-order chi connectivity index (χ1) is 14.7. The third kappa shape index (κ3) is 4.20. The average Bonchev–Trinajstić information content (AvgIpc) is 2.78. The maximum atomic E-state index is 12.8. The highest BCUT2D eigenvalue weighted by molar-refractivity contribution is 8.03. The molecular weight excluding hydrogens is 392 g/mol. The van der Waals surface area contributed by atoms with E-state index in [-0.39, 0.29) is 17.6 Å². The maximum Gasteiger partial charge on any atom is 0.142 e. The van der Waals surface area contributed by atoms with Crippen LogP contribution in [0, 0.1) is 17.2 Å². The third-order valence-electron chi connectivity index (χ3n) is 5.57. The predicted molar refractivity (Wildman–Crippen MR) is 121 cm³/mol. The number of ketones is 1. The fourth-order valence-corrected chi connectivity index (χ4v) is 4.95. The summed E-state index contributed by atoms with van der Waals surface area (Å²) >= 11 is 1.58. The Morgan fingerprint density at radius 3 is 2.57 bits per heavy atom. The molecule has 1 aliphatic heterocycles. The molecule has 0 radical (unpaired) electrons. The Hall–Kier alpha value is -2.84. The van der Waals surface area contributed by atoms with E-state index in [2.05, 4.69) is 13.0 Å². The molecule has 1 aliphatic carbocycles. The van der Waals surface area contributed by atoms with E-state index in [0.717, 1.165) is 46.2 Å². The van der Waals surface area contributed by atoms with E-state index in [9.17, 15) is 10.1 Å². The monoisotopic (exact) mass is 416 g/mol. The third-order valence-corrected chi connectivity index (χ3v) is 6.44. The van der Waals surface area contributed by atoms with E-state index < -0.39 is 0 Å². The maximum absolute atomic E-state index is 12.8. The Morgan fingerprint density at radius 1 is 1.10 bits per heavy atom. The topological polar surface area (TPSA) is 62.4 Å². The average molecular weight is 417 g/mol. The normalized spacial score (nSPS) is 20.9. The Balaban J connectivity index is 1.62. The molecule has 1 fully saturated rings. The molecule has 2 aliphatic rings. The first kappa shape index (κ1) is 20.4. The lowest BCUT2D eigenvalue weighted by Gasteiger charge is -2.34. The second kappa shape index (κ2) is 9.32. The molecule has 152 valence electrons. The molecule has 4 nitrogen and oxygen atoms in total. The number of nitrogens with zero attached hydrogens (tertiary/aromatic N) is 2. The van der Waals surface area contributed by atoms with Crippen LogP contribution in [0.1, 0.15) is 43.2 Å². The molecule has 30 heavy (non-hydrogen) atoms. The van der Waals surface area contributed by atoms with Gasteiger partial charge in [0.1, 0.15) is 23.2 Å². The molecule has 0 saturated heterocycles. The van der Waals surface area contributed by atoms with Crippen molar-refractivity contribution in [3.8, 4) is 11.8 Å². The summed E-state index contributed by atoms with van der Waals surface area (Å²) in [7, 11) is 0. The van der Waals surface area contributed by atoms with Gasteiger partial charge in [0.25, 0.3) is 0 Å². The molecule has 0 bridgehead atoms. The number of hydrogen-bond acceptors (Lipinski definition) is 5. The zero-order valence-electron chi connectivity index (χ0n) is 17.0. The van der Waals surface area contributed by atoms with Gasteiger partial charge in [-0.15, -0.1) is 11.8 Å². The summed E-state index contributed by atoms with van der Waals surface area (Å²) in [4.78, 5) is 17.6. The molecular formula is C25H24N2O2S. The molecule has 5 heteroatoms. The number of benzene rings is 2. The molecule has 1 saturated carbocycles. The van der Waals surface area contributed by atoms with Crippen LogP contribution in [0.5, 0.6) is 5.75 Å². The Morgan fingerprint density at radius 2 is 1.87 bits per heavy atom. The van der Waals surface area contributed by atoms with Crippen LogP contribution in [0.3, 0.4) is 0 Å². The molecule has 0 spiro atoms. The van der Waals surface area contributed by atoms with Gasteiger partial charge in [-0.05, 0) is 41.9 Å². The lowest BCUT2D eigenvalue weighted by atomic mass is 9.70. The number of allylic oxidation sites excluding steroid dienone is 1. The SMILES string of the molecule is CCSC1=C(C#N)[C@@H](c2ccc(OCc3ccccc3)cc2)[C@H]2C(=O)CCCC2=N1. The van der Waals surface area contributed by atoms with Crippen molar-refractivity contribution in [2.45, 2.75) is 38.7 Å². The predicted octanol–water partition coefficient (Wildman–Crippen LogP) is 5.66. The number of aliphatic imine (C=N–C) groups is 1. The van der Waals surface area contributed by atoms with E-state index in [1.54, 1.807) is 11.8 Å². The molecule has 2 aromatic carbocycles. The van der Waals surface area contributed by atoms with E-state index in [0.29, 0.717) is 18.6 Å². The molecule has 0 aromatic heterocycles. The molecule has 0 unspecified atom stereocenters. The molecule has 0 N–H and O–H groups in total. The van der Waals surface area contributed by atoms with Crippen LogP contribution in [0.25, 0.3) is 0 Å². The molecule has 4 rings (SSSR count). The van der Waals surface area contributed by atoms with Gasteiger partial charge in [0.15, 0.2) is 0 Å². The lowest BCUT2D eigenvalue weighted by molar-refractivity contribution is -0.121. The van der Waals surface area contributed by atoms with Crippen molar-refractivity contribution in [2.24, 2.45) is 10.9 Å². The van der Waals surface area contributed by atoms with E-state index in [1.807, 2.05) is 54.6 Å². The van der Waals surface area contributed by atoms with Gasteiger partial charge in [0, 0.05) is 18.1 Å². The molecule has 2 aromatic rings. The largest absolute Gasteiger partial charge is 0.489 e. The summed E-state index contributed by atoms with van der Waals surface area (Å²) in [6, 6.07) is 20.2. The zero-order chi connectivity index (χ0) is 20.9. The van der Waals surface area contributed by atoms with Crippen molar-refractivity contribution in [1.82, 2.24) is 0 Å². The minimum atomic E-state index is -0.314. The lowest BCUT2D eigenvalue weighted by Crippen LogP contribution is -2.37. The van der Waals surface area contributed by atoms with Gasteiger partial charge in [-0.3, -0.25) is 4.79 Å². The van der Waals surface area contributed by atoms with Crippen LogP contribution in [-0.4, -0.2) is 17.2 Å². The molecule has 0 amide bonds. The van der Waals surface area contributed by atoms with Gasteiger partial charge in [-0.25, -0.2) is 4.99 Å². The van der Waals surface area contributed by atoms with Crippen molar-refractivity contribution in [1.29, 1.82) is 5.26 Å². The van der Waals surface area contributed by atoms with Crippen LogP contribution >= 0.6 is 11.8 Å². The number of thioether (sulfide) groups is 1. The summed E-state index contributed by atoms with van der Waals surface area (Å²) in [5.74, 6) is 1.24. The van der Waals surface area contributed by atoms with Crippen LogP contribution in [0.2, 0.25) is 0 Å². The zero-order valence-corrected chi connectivity index (χ0v) is 17.8. The number of hydrogen-bond donors (Lipinski definition) is 0. The van der Waals surface area contributed by atoms with Gasteiger partial charge in [0.05, 0.1) is 17.6 Å². The number of rotatable bonds is 6. The highest BCUT2D eigenvalue weighted by Crippen LogP contribution is 2.45. The summed E-state index contributed by atoms with van der Waals surface area (Å²) in [5.41, 5.74) is 3.64. The van der Waals surface area contributed by atoms with Crippen LogP contribution in [0.15, 0.2) is 70.2 Å². The second-order valence-electron chi connectivity index (χ2n) is 7.49. The first-order valence-electron chi connectivity index (χ1n) is 10.3. The van der Waals surface area contributed by atoms with Crippen LogP contribution in [0.4, 0.5) is 0 Å². The van der Waals surface area contributed by atoms with Gasteiger partial charge in [-0.1, -0.05) is 49.4 Å². The summed E-state index contributed by atoms with van der Waals surface area (Å²) < 4.78 is 5.90. The second-order valence-corrected chi connectivity index (χ2v) is 8.74. The summed E-state index contributed by atoms with van der Waals surface area (Å²) in [6.45, 7) is 2.56. The van der Waals surface area contributed by atoms with Gasteiger partial charge < -0.3 is 4.74 Å². The van der Waals surface area contributed by atoms with Crippen molar-refractivity contribution in [3.63, 3.8) is 0 Å². The van der Waals surface area contributed by atoms with Crippen molar-refractivity contribution in [3.05, 3.63) is 76.3 Å². The quantitative estimate of drug-likeness (QED) is 0.609. The number of fused-ring (bicyclic) bond motifs is 1. The fourth-order valence-electron chi connectivity index (χ4n) is 4.17. The van der Waals surface area contributed by atoms with E-state index >= 15 is 0 Å². The Bertz CT molecular complexity index is 1020. The first-order valence-corrected chi connectivity index (χ1v) is 11.3. The van der Waals surface area contributed by atoms with Crippen molar-refractivity contribution >= 4 is 23.3 Å². The number of ether oxygens (including phenoxy) is 1. The molecule has 2 atom stereocenters. The van der Waals surface area contributed by atoms with Crippen molar-refractivity contribution in [2.75, 3.05) is 5.75 Å². The van der Waals surface area contributed by atoms with Gasteiger partial charge >= 0.3 is 0 Å². The van der Waals surface area contributed by atoms with Gasteiger partial charge in [-0.2, -0.15) is 5.26 Å². The summed E-state index contributed by atoms with van der Waals surface area (Å²) in [5, 5.41) is 10.7. The van der Waals surface area contributed by atoms with E-state index in [1.165, 1.54) is 0 Å². The van der Waals surface area contributed by atoms with E-state index in [4.69, 9.17) is 9.73 Å². The van der Waals surface area contributed by atoms with Crippen LogP contribution in [-0.2, 0) is 11.4 Å². The number of Topliss-reactive ketones (excluding diaryl/α,β-unsaturated/α-hetero) is 1. The highest BCUT2D eigenvalue weighted by Gasteiger charge is 2.42. The Labute approximate surface area is 181 Å². The van der Waals surface area contributed by atoms with Crippen molar-refractivity contribution < 1.29 is 9.53 Å². The number of nitriles is 1. The number of carbonyl (C=O) groups is 1. The highest BCUT2D eigenvalue weighted by atomic mass is 32.2. The standard InChI is InChI=1S/C25H24N2O2S/c1-2-30-25-20(15-26)23(24-21(27-25)9-6-10-22(24)28)18-11-13-19(14-12-18)29-16-17-7-4-3-5-8-17/h3-5,7-8,11-14,23-24H,2,6,9-10,16H2,1H3/t23-,24-/m1/s1. The summed E-state index contributed by atoms with van der Waals surface area (Å²) in [6.07, 6.45) is 2.24. The van der Waals surface area contributed by atoms with Gasteiger partial charge in [0.2, 0.25) is 0 Å². The Kier molecular flexibility index (Phi) is 6.35. The van der Waals surface area contributed by atoms with Crippen LogP contribution < -0.4 is 4.74 Å².